The minimum atomic E-state index is -4.87. The van der Waals surface area contributed by atoms with E-state index in [1.165, 1.54) is 6.07 Å². The van der Waals surface area contributed by atoms with Gasteiger partial charge in [0.15, 0.2) is 0 Å². The maximum Gasteiger partial charge on any atom is 0.417 e. The van der Waals surface area contributed by atoms with Crippen molar-refractivity contribution in [3.8, 4) is 0 Å². The monoisotopic (exact) mass is 448 g/mol. The van der Waals surface area contributed by atoms with Gasteiger partial charge in [-0.3, -0.25) is 4.79 Å². The molecule has 3 aromatic rings. The highest BCUT2D eigenvalue weighted by Gasteiger charge is 2.39. The van der Waals surface area contributed by atoms with Crippen LogP contribution in [0.25, 0.3) is 0 Å². The Labute approximate surface area is 178 Å². The first-order valence-corrected chi connectivity index (χ1v) is 10.7. The number of carbonyl (C=O) groups excluding carboxylic acids is 1. The van der Waals surface area contributed by atoms with Crippen molar-refractivity contribution in [3.63, 3.8) is 0 Å². The number of alkyl halides is 3. The van der Waals surface area contributed by atoms with Crippen LogP contribution in [0.15, 0.2) is 89.8 Å². The minimum absolute atomic E-state index is 0.266. The highest BCUT2D eigenvalue weighted by atomic mass is 32.2. The number of rotatable bonds is 7. The van der Waals surface area contributed by atoms with Crippen molar-refractivity contribution in [2.24, 2.45) is 0 Å². The zero-order chi connectivity index (χ0) is 22.5. The molecule has 0 atom stereocenters. The third-order valence-electron chi connectivity index (χ3n) is 4.39. The van der Waals surface area contributed by atoms with Crippen molar-refractivity contribution in [2.75, 3.05) is 11.9 Å². The van der Waals surface area contributed by atoms with Crippen LogP contribution in [0.5, 0.6) is 0 Å². The van der Waals surface area contributed by atoms with E-state index in [4.69, 9.17) is 0 Å². The van der Waals surface area contributed by atoms with Gasteiger partial charge in [-0.1, -0.05) is 60.7 Å². The van der Waals surface area contributed by atoms with Crippen LogP contribution in [-0.2, 0) is 27.5 Å². The van der Waals surface area contributed by atoms with Gasteiger partial charge in [-0.25, -0.2) is 8.42 Å². The van der Waals surface area contributed by atoms with Crippen molar-refractivity contribution in [2.45, 2.75) is 17.6 Å². The average molecular weight is 448 g/mol. The maximum absolute atomic E-state index is 13.5. The second-order valence-electron chi connectivity index (χ2n) is 6.67. The molecule has 9 heteroatoms. The van der Waals surface area contributed by atoms with Gasteiger partial charge < -0.3 is 5.32 Å². The van der Waals surface area contributed by atoms with Gasteiger partial charge in [0.25, 0.3) is 0 Å². The van der Waals surface area contributed by atoms with E-state index in [9.17, 15) is 26.4 Å². The van der Waals surface area contributed by atoms with E-state index in [0.29, 0.717) is 17.3 Å². The molecule has 0 unspecified atom stereocenters. The molecule has 0 fully saturated rings. The fraction of sp³-hybridized carbons (Fsp3) is 0.136. The third kappa shape index (κ3) is 5.71. The van der Waals surface area contributed by atoms with Gasteiger partial charge >= 0.3 is 6.18 Å². The molecular formula is C22H19F3N2O3S. The van der Waals surface area contributed by atoms with Gasteiger partial charge in [-0.2, -0.15) is 17.5 Å². The lowest BCUT2D eigenvalue weighted by Crippen LogP contribution is -2.38. The molecule has 1 amide bonds. The summed E-state index contributed by atoms with van der Waals surface area (Å²) < 4.78 is 67.6. The molecule has 162 valence electrons. The predicted molar refractivity (Wildman–Crippen MR) is 111 cm³/mol. The number of sulfonamides is 1. The lowest BCUT2D eigenvalue weighted by Gasteiger charge is -2.24. The van der Waals surface area contributed by atoms with Gasteiger partial charge in [-0.05, 0) is 29.8 Å². The summed E-state index contributed by atoms with van der Waals surface area (Å²) in [5.74, 6) is -0.671. The average Bonchev–Trinajstić information content (AvgIpc) is 2.74. The first kappa shape index (κ1) is 22.5. The summed E-state index contributed by atoms with van der Waals surface area (Å²) in [5.41, 5.74) is -0.306. The van der Waals surface area contributed by atoms with E-state index < -0.39 is 39.1 Å². The van der Waals surface area contributed by atoms with Crippen LogP contribution in [0.4, 0.5) is 18.9 Å². The summed E-state index contributed by atoms with van der Waals surface area (Å²) in [4.78, 5) is 11.6. The van der Waals surface area contributed by atoms with E-state index in [1.807, 2.05) is 0 Å². The predicted octanol–water partition coefficient (Wildman–Crippen LogP) is 4.54. The fourth-order valence-corrected chi connectivity index (χ4v) is 4.56. The molecule has 0 saturated heterocycles. The first-order valence-electron chi connectivity index (χ1n) is 9.23. The van der Waals surface area contributed by atoms with Crippen molar-refractivity contribution in [3.05, 3.63) is 96.1 Å². The van der Waals surface area contributed by atoms with E-state index >= 15 is 0 Å². The van der Waals surface area contributed by atoms with Crippen molar-refractivity contribution < 1.29 is 26.4 Å². The Morgan fingerprint density at radius 1 is 0.839 bits per heavy atom. The number of hydrogen-bond donors (Lipinski definition) is 1. The number of benzene rings is 3. The number of para-hydroxylation sites is 1. The summed E-state index contributed by atoms with van der Waals surface area (Å²) in [7, 11) is -4.65. The lowest BCUT2D eigenvalue weighted by atomic mass is 10.2. The largest absolute Gasteiger partial charge is 0.417 e. The Kier molecular flexibility index (Phi) is 6.77. The minimum Gasteiger partial charge on any atom is -0.325 e. The van der Waals surface area contributed by atoms with Crippen molar-refractivity contribution in [1.29, 1.82) is 0 Å². The zero-order valence-electron chi connectivity index (χ0n) is 16.2. The van der Waals surface area contributed by atoms with Crippen molar-refractivity contribution >= 4 is 21.6 Å². The van der Waals surface area contributed by atoms with E-state index in [-0.39, 0.29) is 6.54 Å². The molecule has 0 radical (unpaired) electrons. The van der Waals surface area contributed by atoms with Crippen LogP contribution in [0.1, 0.15) is 11.1 Å². The molecule has 0 bridgehead atoms. The standard InChI is InChI=1S/C22H19F3N2O3S/c23-22(24,25)19-13-7-8-14-20(19)31(29,30)27(15-17-9-3-1-4-10-17)16-21(28)26-18-11-5-2-6-12-18/h1-14H,15-16H2,(H,26,28). The molecule has 0 saturated carbocycles. The SMILES string of the molecule is O=C(CN(Cc1ccccc1)S(=O)(=O)c1ccccc1C(F)(F)F)Nc1ccccc1. The van der Waals surface area contributed by atoms with Gasteiger partial charge in [-0.15, -0.1) is 0 Å². The number of nitrogens with zero attached hydrogens (tertiary/aromatic N) is 1. The Bertz CT molecular complexity index is 1140. The second-order valence-corrected chi connectivity index (χ2v) is 8.57. The quantitative estimate of drug-likeness (QED) is 0.577. The Hall–Kier alpha value is -3.17. The molecular weight excluding hydrogens is 429 g/mol. The van der Waals surface area contributed by atoms with Gasteiger partial charge in [0.1, 0.15) is 0 Å². The number of carbonyl (C=O) groups is 1. The fourth-order valence-electron chi connectivity index (χ4n) is 2.96. The van der Waals surface area contributed by atoms with Crippen molar-refractivity contribution in [1.82, 2.24) is 4.31 Å². The molecule has 3 aromatic carbocycles. The number of nitrogens with one attached hydrogen (secondary N) is 1. The topological polar surface area (TPSA) is 66.5 Å². The molecule has 0 aliphatic rings. The zero-order valence-corrected chi connectivity index (χ0v) is 17.0. The Morgan fingerprint density at radius 2 is 1.39 bits per heavy atom. The summed E-state index contributed by atoms with van der Waals surface area (Å²) in [6.45, 7) is -0.921. The smallest absolute Gasteiger partial charge is 0.325 e. The summed E-state index contributed by atoms with van der Waals surface area (Å²) in [5, 5.41) is 2.56. The Morgan fingerprint density at radius 3 is 2.00 bits per heavy atom. The number of anilines is 1. The van der Waals surface area contributed by atoms with Crippen LogP contribution in [0.3, 0.4) is 0 Å². The molecule has 1 N–H and O–H groups in total. The molecule has 0 spiro atoms. The van der Waals surface area contributed by atoms with Crippen LogP contribution < -0.4 is 5.32 Å². The normalized spacial score (nSPS) is 12.0. The second kappa shape index (κ2) is 9.32. The van der Waals surface area contributed by atoms with E-state index in [2.05, 4.69) is 5.32 Å². The molecule has 0 aliphatic heterocycles. The lowest BCUT2D eigenvalue weighted by molar-refractivity contribution is -0.139. The number of hydrogen-bond acceptors (Lipinski definition) is 3. The van der Waals surface area contributed by atoms with E-state index in [0.717, 1.165) is 16.4 Å². The van der Waals surface area contributed by atoms with Crippen LogP contribution >= 0.6 is 0 Å². The highest BCUT2D eigenvalue weighted by Crippen LogP contribution is 2.35. The van der Waals surface area contributed by atoms with E-state index in [1.54, 1.807) is 60.7 Å². The highest BCUT2D eigenvalue weighted by molar-refractivity contribution is 7.89. The Balaban J connectivity index is 1.97. The molecule has 0 aromatic heterocycles. The molecule has 0 aliphatic carbocycles. The van der Waals surface area contributed by atoms with Crippen LogP contribution in [0, 0.1) is 0 Å². The van der Waals surface area contributed by atoms with Crippen LogP contribution in [0.2, 0.25) is 0 Å². The molecule has 31 heavy (non-hydrogen) atoms. The third-order valence-corrected chi connectivity index (χ3v) is 6.24. The first-order chi connectivity index (χ1) is 14.7. The summed E-state index contributed by atoms with van der Waals surface area (Å²) in [6, 6.07) is 20.6. The molecule has 0 heterocycles. The molecule has 5 nitrogen and oxygen atoms in total. The van der Waals surface area contributed by atoms with Gasteiger partial charge in [0.05, 0.1) is 17.0 Å². The number of halogens is 3. The summed E-state index contributed by atoms with van der Waals surface area (Å²) >= 11 is 0. The molecule has 3 rings (SSSR count). The van der Waals surface area contributed by atoms with Gasteiger partial charge in [0, 0.05) is 12.2 Å². The number of amides is 1. The maximum atomic E-state index is 13.5. The van der Waals surface area contributed by atoms with Crippen LogP contribution in [-0.4, -0.2) is 25.2 Å². The van der Waals surface area contributed by atoms with Gasteiger partial charge in [0.2, 0.25) is 15.9 Å². The summed E-state index contributed by atoms with van der Waals surface area (Å²) in [6.07, 6.45) is -4.87.